The standard InChI is InChI=1S/C46H52Cl2F3N7O6/c1-29-42(60)53-37(27-63-3)43(61)54-45(22-30-6-11-34(47)12-7-30)16-4-19-57(28-45)44(62)33(23-46(49,50)51)20-41(59)58(29)25-32-8-13-35(48)21-39(32)64-36-14-9-31(10-15-36)38-24-52-40(55(38)2)26-56-17-5-18-56/h6-15,21,24,29,33,37H,4-5,16-20,22-23,25-28H2,1-3H3,(H,53,60)(H,54,61). The summed E-state index contributed by atoms with van der Waals surface area (Å²) in [6, 6.07) is 16.3. The number of carbonyl (C=O) groups is 4. The van der Waals surface area contributed by atoms with Gasteiger partial charge in [-0.3, -0.25) is 24.1 Å². The van der Waals surface area contributed by atoms with Crippen LogP contribution in [0.3, 0.4) is 0 Å². The number of hydrogen-bond acceptors (Lipinski definition) is 8. The molecule has 4 amide bonds. The molecule has 64 heavy (non-hydrogen) atoms. The molecule has 0 saturated carbocycles. The molecular formula is C46H52Cl2F3N7O6. The summed E-state index contributed by atoms with van der Waals surface area (Å²) in [7, 11) is 3.34. The van der Waals surface area contributed by atoms with Crippen molar-refractivity contribution in [3.63, 3.8) is 0 Å². The Morgan fingerprint density at radius 3 is 2.30 bits per heavy atom. The van der Waals surface area contributed by atoms with E-state index in [1.807, 2.05) is 25.4 Å². The number of halogens is 5. The number of ether oxygens (including phenoxy) is 2. The topological polar surface area (TPSA) is 138 Å². The van der Waals surface area contributed by atoms with Crippen LogP contribution in [0.1, 0.15) is 56.0 Å². The second-order valence-corrected chi connectivity index (χ2v) is 17.9. The molecule has 3 aliphatic heterocycles. The normalized spacial score (nSPS) is 22.7. The van der Waals surface area contributed by atoms with Gasteiger partial charge in [0.15, 0.2) is 0 Å². The summed E-state index contributed by atoms with van der Waals surface area (Å²) in [5.41, 5.74) is 1.82. The van der Waals surface area contributed by atoms with Gasteiger partial charge in [-0.25, -0.2) is 4.98 Å². The molecule has 4 aromatic rings. The molecule has 2 N–H and O–H groups in total. The molecule has 3 saturated heterocycles. The van der Waals surface area contributed by atoms with Gasteiger partial charge < -0.3 is 34.5 Å². The number of rotatable bonds is 12. The molecule has 3 fully saturated rings. The second kappa shape index (κ2) is 19.9. The van der Waals surface area contributed by atoms with Gasteiger partial charge >= 0.3 is 6.18 Å². The average Bonchev–Trinajstić information content (AvgIpc) is 3.60. The minimum Gasteiger partial charge on any atom is -0.457 e. The van der Waals surface area contributed by atoms with Crippen molar-refractivity contribution in [3.05, 3.63) is 99.9 Å². The number of nitrogens with zero attached hydrogens (tertiary/aromatic N) is 5. The molecule has 342 valence electrons. The van der Waals surface area contributed by atoms with Crippen molar-refractivity contribution in [2.24, 2.45) is 13.0 Å². The van der Waals surface area contributed by atoms with Crippen LogP contribution in [0.15, 0.2) is 72.9 Å². The highest BCUT2D eigenvalue weighted by Crippen LogP contribution is 2.35. The summed E-state index contributed by atoms with van der Waals surface area (Å²) in [6.07, 6.45) is -3.27. The maximum absolute atomic E-state index is 14.5. The summed E-state index contributed by atoms with van der Waals surface area (Å²) in [6.45, 7) is 3.70. The van der Waals surface area contributed by atoms with E-state index < -0.39 is 66.2 Å². The van der Waals surface area contributed by atoms with Crippen molar-refractivity contribution in [2.75, 3.05) is 39.9 Å². The Kier molecular flexibility index (Phi) is 14.6. The van der Waals surface area contributed by atoms with E-state index in [0.717, 1.165) is 47.2 Å². The third kappa shape index (κ3) is 11.4. The van der Waals surface area contributed by atoms with E-state index in [0.29, 0.717) is 34.2 Å². The molecule has 1 aromatic heterocycles. The fraction of sp³-hybridized carbons (Fsp3) is 0.457. The minimum absolute atomic E-state index is 0.117. The van der Waals surface area contributed by atoms with E-state index in [4.69, 9.17) is 32.7 Å². The molecule has 2 bridgehead atoms. The number of piperidine rings is 1. The SMILES string of the molecule is COCC1NC(=O)C(C)N(Cc2ccc(Cl)cc2Oc2ccc(-c3cnc(CN4CCC4)n3C)cc2)C(=O)CC(CC(F)(F)F)C(=O)N2CCCC(Cc3ccc(Cl)cc3)(C2)NC1=O. The van der Waals surface area contributed by atoms with Crippen molar-refractivity contribution in [1.82, 2.24) is 34.9 Å². The number of amides is 4. The monoisotopic (exact) mass is 925 g/mol. The van der Waals surface area contributed by atoms with E-state index in [1.54, 1.807) is 48.5 Å². The third-order valence-electron chi connectivity index (χ3n) is 12.3. The lowest BCUT2D eigenvalue weighted by molar-refractivity contribution is -0.164. The molecule has 4 unspecified atom stereocenters. The Bertz CT molecular complexity index is 2330. The molecule has 18 heteroatoms. The fourth-order valence-electron chi connectivity index (χ4n) is 8.65. The molecule has 3 aliphatic rings. The van der Waals surface area contributed by atoms with Crippen LogP contribution in [0.5, 0.6) is 11.5 Å². The number of benzene rings is 3. The molecule has 0 radical (unpaired) electrons. The minimum atomic E-state index is -4.81. The molecule has 4 heterocycles. The highest BCUT2D eigenvalue weighted by atomic mass is 35.5. The summed E-state index contributed by atoms with van der Waals surface area (Å²) >= 11 is 12.6. The van der Waals surface area contributed by atoms with Crippen LogP contribution >= 0.6 is 23.2 Å². The van der Waals surface area contributed by atoms with Crippen molar-refractivity contribution >= 4 is 46.8 Å². The zero-order valence-electron chi connectivity index (χ0n) is 35.9. The zero-order chi connectivity index (χ0) is 45.8. The molecule has 0 spiro atoms. The number of alkyl halides is 3. The van der Waals surface area contributed by atoms with Gasteiger partial charge in [-0.1, -0.05) is 41.4 Å². The van der Waals surface area contributed by atoms with Gasteiger partial charge in [0, 0.05) is 54.8 Å². The molecule has 3 aromatic carbocycles. The number of methoxy groups -OCH3 is 1. The van der Waals surface area contributed by atoms with Gasteiger partial charge in [0.05, 0.1) is 49.5 Å². The molecule has 7 rings (SSSR count). The van der Waals surface area contributed by atoms with E-state index in [2.05, 4.69) is 25.1 Å². The van der Waals surface area contributed by atoms with Crippen LogP contribution in [0.2, 0.25) is 10.0 Å². The number of imidazole rings is 1. The first-order valence-corrected chi connectivity index (χ1v) is 22.1. The van der Waals surface area contributed by atoms with Gasteiger partial charge in [0.25, 0.3) is 0 Å². The van der Waals surface area contributed by atoms with Crippen LogP contribution in [-0.4, -0.2) is 112 Å². The number of nitrogens with one attached hydrogen (secondary N) is 2. The van der Waals surface area contributed by atoms with Gasteiger partial charge in [0.2, 0.25) is 23.6 Å². The van der Waals surface area contributed by atoms with E-state index in [9.17, 15) is 32.3 Å². The molecular weight excluding hydrogens is 874 g/mol. The number of hydrogen-bond donors (Lipinski definition) is 2. The van der Waals surface area contributed by atoms with Gasteiger partial charge in [-0.15, -0.1) is 0 Å². The van der Waals surface area contributed by atoms with Crippen LogP contribution < -0.4 is 15.4 Å². The quantitative estimate of drug-likeness (QED) is 0.156. The maximum atomic E-state index is 14.5. The Morgan fingerprint density at radius 1 is 0.906 bits per heavy atom. The summed E-state index contributed by atoms with van der Waals surface area (Å²) in [5.74, 6) is -3.37. The lowest BCUT2D eigenvalue weighted by atomic mass is 9.82. The molecule has 0 aliphatic carbocycles. The van der Waals surface area contributed by atoms with Crippen molar-refractivity contribution in [3.8, 4) is 22.8 Å². The number of aromatic nitrogens is 2. The fourth-order valence-corrected chi connectivity index (χ4v) is 8.94. The third-order valence-corrected chi connectivity index (χ3v) is 12.7. The predicted molar refractivity (Wildman–Crippen MR) is 235 cm³/mol. The Morgan fingerprint density at radius 2 is 1.62 bits per heavy atom. The summed E-state index contributed by atoms with van der Waals surface area (Å²) < 4.78 is 56.7. The van der Waals surface area contributed by atoms with Crippen LogP contribution in [0.4, 0.5) is 13.2 Å². The average molecular weight is 927 g/mol. The van der Waals surface area contributed by atoms with E-state index in [-0.39, 0.29) is 38.4 Å². The number of likely N-dealkylation sites (tertiary alicyclic amines) is 1. The highest BCUT2D eigenvalue weighted by Gasteiger charge is 2.45. The van der Waals surface area contributed by atoms with E-state index in [1.165, 1.54) is 31.4 Å². The Labute approximate surface area is 380 Å². The maximum Gasteiger partial charge on any atom is 0.389 e. The van der Waals surface area contributed by atoms with Gasteiger partial charge in [0.1, 0.15) is 29.4 Å². The van der Waals surface area contributed by atoms with Crippen molar-refractivity contribution in [1.29, 1.82) is 0 Å². The first-order valence-electron chi connectivity index (χ1n) is 21.3. The lowest BCUT2D eigenvalue weighted by Gasteiger charge is -2.45. The Balaban J connectivity index is 1.18. The van der Waals surface area contributed by atoms with Gasteiger partial charge in [-0.05, 0) is 99.8 Å². The summed E-state index contributed by atoms with van der Waals surface area (Å²) in [4.78, 5) is 66.5. The first kappa shape index (κ1) is 46.8. The van der Waals surface area contributed by atoms with Crippen LogP contribution in [0, 0.1) is 5.92 Å². The Hall–Kier alpha value is -5.16. The molecule has 4 atom stereocenters. The lowest BCUT2D eigenvalue weighted by Crippen LogP contribution is -2.65. The second-order valence-electron chi connectivity index (χ2n) is 17.0. The van der Waals surface area contributed by atoms with Crippen molar-refractivity contribution < 1.29 is 41.8 Å². The first-order chi connectivity index (χ1) is 30.5. The van der Waals surface area contributed by atoms with E-state index >= 15 is 0 Å². The number of fused-ring (bicyclic) bond motifs is 2. The summed E-state index contributed by atoms with van der Waals surface area (Å²) in [5, 5.41) is 6.57. The van der Waals surface area contributed by atoms with Crippen LogP contribution in [-0.2, 0) is 50.5 Å². The van der Waals surface area contributed by atoms with Crippen LogP contribution in [0.25, 0.3) is 11.3 Å². The smallest absolute Gasteiger partial charge is 0.389 e. The zero-order valence-corrected chi connectivity index (χ0v) is 37.4. The van der Waals surface area contributed by atoms with Gasteiger partial charge in [-0.2, -0.15) is 13.2 Å². The molecule has 13 nitrogen and oxygen atoms in total. The highest BCUT2D eigenvalue weighted by molar-refractivity contribution is 6.31. The number of carbonyl (C=O) groups excluding carboxylic acids is 4. The predicted octanol–water partition coefficient (Wildman–Crippen LogP) is 6.93. The van der Waals surface area contributed by atoms with Crippen molar-refractivity contribution in [2.45, 2.75) is 82.3 Å². The largest absolute Gasteiger partial charge is 0.457 e.